The number of aliphatic imine (C=N–C) groups is 1. The van der Waals surface area contributed by atoms with Crippen LogP contribution in [0.2, 0.25) is 0 Å². The molecule has 0 saturated heterocycles. The molecular formula is C19H16N2O2. The fourth-order valence-corrected chi connectivity index (χ4v) is 2.22. The van der Waals surface area contributed by atoms with Crippen LogP contribution in [0.25, 0.3) is 0 Å². The van der Waals surface area contributed by atoms with E-state index in [-0.39, 0.29) is 11.5 Å². The van der Waals surface area contributed by atoms with Gasteiger partial charge in [-0.15, -0.1) is 0 Å². The van der Waals surface area contributed by atoms with Crippen molar-refractivity contribution in [2.24, 2.45) is 4.99 Å². The van der Waals surface area contributed by atoms with Crippen LogP contribution in [0.15, 0.2) is 89.3 Å². The molecule has 0 amide bonds. The molecule has 4 heteroatoms. The van der Waals surface area contributed by atoms with E-state index < -0.39 is 0 Å². The lowest BCUT2D eigenvalue weighted by Crippen LogP contribution is -2.19. The third-order valence-corrected chi connectivity index (χ3v) is 3.34. The van der Waals surface area contributed by atoms with Crippen molar-refractivity contribution in [3.63, 3.8) is 0 Å². The Bertz CT molecular complexity index is 791. The minimum atomic E-state index is -0.182. The number of hydrogen-bond acceptors (Lipinski definition) is 4. The maximum Gasteiger partial charge on any atom is 0.222 e. The molecule has 0 heterocycles. The molecule has 0 fully saturated rings. The quantitative estimate of drug-likeness (QED) is 0.872. The highest BCUT2D eigenvalue weighted by molar-refractivity contribution is 6.22. The Balaban J connectivity index is 1.97. The number of carbonyl (C=O) groups is 1. The third-order valence-electron chi connectivity index (χ3n) is 3.34. The van der Waals surface area contributed by atoms with Crippen molar-refractivity contribution in [3.8, 4) is 0 Å². The van der Waals surface area contributed by atoms with E-state index in [1.165, 1.54) is 13.2 Å². The van der Waals surface area contributed by atoms with Crippen LogP contribution in [-0.2, 0) is 9.53 Å². The number of methoxy groups -OCH3 is 1. The van der Waals surface area contributed by atoms with E-state index >= 15 is 0 Å². The van der Waals surface area contributed by atoms with E-state index in [1.807, 2.05) is 60.7 Å². The summed E-state index contributed by atoms with van der Waals surface area (Å²) in [5, 5.41) is 3.24. The summed E-state index contributed by atoms with van der Waals surface area (Å²) in [6.45, 7) is 0. The molecule has 23 heavy (non-hydrogen) atoms. The Morgan fingerprint density at radius 3 is 2.22 bits per heavy atom. The number of hydrogen-bond donors (Lipinski definition) is 1. The Kier molecular flexibility index (Phi) is 4.34. The largest absolute Gasteiger partial charge is 0.493 e. The van der Waals surface area contributed by atoms with Crippen LogP contribution in [0.3, 0.4) is 0 Å². The average Bonchev–Trinajstić information content (AvgIpc) is 2.59. The molecule has 3 rings (SSSR count). The number of carbonyl (C=O) groups excluding carboxylic acids is 1. The van der Waals surface area contributed by atoms with Crippen molar-refractivity contribution in [2.45, 2.75) is 0 Å². The molecule has 0 spiro atoms. The second-order valence-electron chi connectivity index (χ2n) is 4.96. The second kappa shape index (κ2) is 6.75. The van der Waals surface area contributed by atoms with Gasteiger partial charge in [0, 0.05) is 17.8 Å². The molecule has 2 aromatic rings. The first-order valence-electron chi connectivity index (χ1n) is 7.24. The van der Waals surface area contributed by atoms with E-state index in [2.05, 4.69) is 10.3 Å². The number of allylic oxidation sites excluding steroid dienone is 2. The maximum atomic E-state index is 12.1. The van der Waals surface area contributed by atoms with E-state index in [0.29, 0.717) is 11.4 Å². The van der Waals surface area contributed by atoms with Gasteiger partial charge in [-0.1, -0.05) is 36.4 Å². The number of nitrogens with one attached hydrogen (secondary N) is 1. The number of anilines is 1. The fraction of sp³-hybridized carbons (Fsp3) is 0.0526. The van der Waals surface area contributed by atoms with Crippen LogP contribution in [0, 0.1) is 0 Å². The van der Waals surface area contributed by atoms with Gasteiger partial charge >= 0.3 is 0 Å². The molecule has 4 nitrogen and oxygen atoms in total. The van der Waals surface area contributed by atoms with Gasteiger partial charge in [-0.05, 0) is 24.3 Å². The molecule has 0 bridgehead atoms. The fourth-order valence-electron chi connectivity index (χ4n) is 2.22. The first-order chi connectivity index (χ1) is 11.3. The molecule has 1 aliphatic carbocycles. The zero-order valence-corrected chi connectivity index (χ0v) is 12.7. The summed E-state index contributed by atoms with van der Waals surface area (Å²) < 4.78 is 5.13. The molecule has 0 radical (unpaired) electrons. The monoisotopic (exact) mass is 304 g/mol. The van der Waals surface area contributed by atoms with Crippen LogP contribution < -0.4 is 5.32 Å². The number of nitrogens with zero attached hydrogens (tertiary/aromatic N) is 1. The van der Waals surface area contributed by atoms with Gasteiger partial charge in [0.05, 0.1) is 24.2 Å². The highest BCUT2D eigenvalue weighted by atomic mass is 16.5. The molecule has 0 aliphatic heterocycles. The molecule has 1 N–H and O–H groups in total. The highest BCUT2D eigenvalue weighted by Gasteiger charge is 2.19. The van der Waals surface area contributed by atoms with Crippen molar-refractivity contribution in [3.05, 3.63) is 84.3 Å². The van der Waals surface area contributed by atoms with E-state index in [9.17, 15) is 4.79 Å². The highest BCUT2D eigenvalue weighted by Crippen LogP contribution is 2.20. The number of para-hydroxylation sites is 2. The summed E-state index contributed by atoms with van der Waals surface area (Å²) in [5.74, 6) is 0.0937. The van der Waals surface area contributed by atoms with Crippen molar-refractivity contribution in [1.82, 2.24) is 0 Å². The SMILES string of the molecule is COC1=CC(=Nc2ccccc2)C(Nc2ccccc2)=CC1=O. The Morgan fingerprint density at radius 2 is 1.57 bits per heavy atom. The van der Waals surface area contributed by atoms with Crippen LogP contribution in [-0.4, -0.2) is 18.6 Å². The third kappa shape index (κ3) is 3.55. The summed E-state index contributed by atoms with van der Waals surface area (Å²) in [4.78, 5) is 16.7. The van der Waals surface area contributed by atoms with Gasteiger partial charge in [-0.2, -0.15) is 0 Å². The lowest BCUT2D eigenvalue weighted by Gasteiger charge is -2.16. The zero-order chi connectivity index (χ0) is 16.1. The Hall–Kier alpha value is -3.14. The van der Waals surface area contributed by atoms with Crippen LogP contribution in [0.4, 0.5) is 11.4 Å². The Morgan fingerprint density at radius 1 is 0.913 bits per heavy atom. The summed E-state index contributed by atoms with van der Waals surface area (Å²) in [7, 11) is 1.48. The van der Waals surface area contributed by atoms with Crippen molar-refractivity contribution < 1.29 is 9.53 Å². The van der Waals surface area contributed by atoms with Gasteiger partial charge in [0.15, 0.2) is 5.76 Å². The number of benzene rings is 2. The first-order valence-corrected chi connectivity index (χ1v) is 7.24. The molecule has 1 aliphatic rings. The van der Waals surface area contributed by atoms with E-state index in [1.54, 1.807) is 6.08 Å². The average molecular weight is 304 g/mol. The van der Waals surface area contributed by atoms with E-state index in [4.69, 9.17) is 4.74 Å². The molecule has 0 unspecified atom stereocenters. The Labute approximate surface area is 134 Å². The predicted octanol–water partition coefficient (Wildman–Crippen LogP) is 3.87. The van der Waals surface area contributed by atoms with Gasteiger partial charge in [-0.3, -0.25) is 4.79 Å². The number of ketones is 1. The van der Waals surface area contributed by atoms with Gasteiger partial charge in [-0.25, -0.2) is 4.99 Å². The molecule has 0 saturated carbocycles. The molecule has 0 atom stereocenters. The maximum absolute atomic E-state index is 12.1. The van der Waals surface area contributed by atoms with Gasteiger partial charge in [0.2, 0.25) is 5.78 Å². The number of ether oxygens (including phenoxy) is 1. The minimum absolute atomic E-state index is 0.182. The molecule has 0 aromatic heterocycles. The van der Waals surface area contributed by atoms with Crippen molar-refractivity contribution in [1.29, 1.82) is 0 Å². The predicted molar refractivity (Wildman–Crippen MR) is 91.8 cm³/mol. The molecule has 114 valence electrons. The van der Waals surface area contributed by atoms with Crippen molar-refractivity contribution in [2.75, 3.05) is 12.4 Å². The minimum Gasteiger partial charge on any atom is -0.493 e. The first kappa shape index (κ1) is 14.8. The molecular weight excluding hydrogens is 288 g/mol. The second-order valence-corrected chi connectivity index (χ2v) is 4.96. The summed E-state index contributed by atoms with van der Waals surface area (Å²) in [6.07, 6.45) is 3.16. The van der Waals surface area contributed by atoms with E-state index in [0.717, 1.165) is 11.4 Å². The van der Waals surface area contributed by atoms with Gasteiger partial charge in [0.1, 0.15) is 0 Å². The standard InChI is InChI=1S/C19H16N2O2/c1-23-19-13-17(21-15-10-6-3-7-11-15)16(12-18(19)22)20-14-8-4-2-5-9-14/h2-13,20H,1H3. The van der Waals surface area contributed by atoms with Gasteiger partial charge < -0.3 is 10.1 Å². The van der Waals surface area contributed by atoms with Crippen molar-refractivity contribution >= 4 is 22.9 Å². The smallest absolute Gasteiger partial charge is 0.222 e. The normalized spacial score (nSPS) is 15.9. The lowest BCUT2D eigenvalue weighted by atomic mass is 10.1. The zero-order valence-electron chi connectivity index (χ0n) is 12.7. The topological polar surface area (TPSA) is 50.7 Å². The summed E-state index contributed by atoms with van der Waals surface area (Å²) >= 11 is 0. The van der Waals surface area contributed by atoms with Gasteiger partial charge in [0.25, 0.3) is 0 Å². The van der Waals surface area contributed by atoms with Crippen LogP contribution in [0.1, 0.15) is 0 Å². The molecule has 2 aromatic carbocycles. The lowest BCUT2D eigenvalue weighted by molar-refractivity contribution is -0.114. The van der Waals surface area contributed by atoms with Crippen LogP contribution in [0.5, 0.6) is 0 Å². The van der Waals surface area contributed by atoms with Crippen LogP contribution >= 0.6 is 0 Å². The number of rotatable bonds is 4. The summed E-state index contributed by atoms with van der Waals surface area (Å²) in [6, 6.07) is 19.2. The summed E-state index contributed by atoms with van der Waals surface area (Å²) in [5.41, 5.74) is 2.99.